The molecule has 4 aromatic rings. The van der Waals surface area contributed by atoms with Crippen LogP contribution in [0.3, 0.4) is 0 Å². The maximum Gasteiger partial charge on any atom is 0.321 e. The lowest BCUT2D eigenvalue weighted by Crippen LogP contribution is -2.50. The van der Waals surface area contributed by atoms with E-state index in [-0.39, 0.29) is 48.9 Å². The zero-order valence-corrected chi connectivity index (χ0v) is 26.8. The molecular formula is C35H41N5O6. The Morgan fingerprint density at radius 2 is 1.80 bits per heavy atom. The van der Waals surface area contributed by atoms with Crippen LogP contribution in [0.1, 0.15) is 29.8 Å². The molecule has 1 aliphatic heterocycles. The summed E-state index contributed by atoms with van der Waals surface area (Å²) < 4.78 is 13.6. The monoisotopic (exact) mass is 627 g/mol. The number of likely N-dealkylation sites (N-methyl/N-ethyl adjacent to an activating group) is 1. The lowest BCUT2D eigenvalue weighted by Gasteiger charge is -2.38. The van der Waals surface area contributed by atoms with Crippen molar-refractivity contribution in [2.45, 2.75) is 32.4 Å². The summed E-state index contributed by atoms with van der Waals surface area (Å²) >= 11 is 0. The van der Waals surface area contributed by atoms with Gasteiger partial charge in [-0.2, -0.15) is 0 Å². The molecule has 0 radical (unpaired) electrons. The second kappa shape index (κ2) is 13.9. The van der Waals surface area contributed by atoms with Crippen molar-refractivity contribution in [1.29, 1.82) is 0 Å². The minimum atomic E-state index is -0.473. The Morgan fingerprint density at radius 3 is 2.52 bits per heavy atom. The van der Waals surface area contributed by atoms with Crippen LogP contribution in [0.4, 0.5) is 16.2 Å². The van der Waals surface area contributed by atoms with E-state index in [4.69, 9.17) is 9.47 Å². The van der Waals surface area contributed by atoms with E-state index in [0.717, 1.165) is 16.5 Å². The Balaban J connectivity index is 1.35. The smallest absolute Gasteiger partial charge is 0.321 e. The maximum atomic E-state index is 13.8. The van der Waals surface area contributed by atoms with Gasteiger partial charge in [0, 0.05) is 55.0 Å². The van der Waals surface area contributed by atoms with E-state index in [9.17, 15) is 19.5 Å². The molecule has 0 fully saturated rings. The van der Waals surface area contributed by atoms with Gasteiger partial charge in [0.1, 0.15) is 17.6 Å². The highest BCUT2D eigenvalue weighted by Gasteiger charge is 2.34. The number of carbonyl (C=O) groups is 3. The number of nitrogens with zero attached hydrogens (tertiary/aromatic N) is 3. The molecular weight excluding hydrogens is 586 g/mol. The Bertz CT molecular complexity index is 1720. The minimum Gasteiger partial charge on any atom is -0.497 e. The number of rotatable bonds is 9. The van der Waals surface area contributed by atoms with Crippen LogP contribution in [-0.2, 0) is 18.3 Å². The Labute approximate surface area is 268 Å². The van der Waals surface area contributed by atoms with Gasteiger partial charge in [-0.25, -0.2) is 4.79 Å². The van der Waals surface area contributed by atoms with Crippen molar-refractivity contribution in [1.82, 2.24) is 14.4 Å². The largest absolute Gasteiger partial charge is 0.497 e. The molecule has 0 saturated carbocycles. The fourth-order valence-corrected chi connectivity index (χ4v) is 5.71. The highest BCUT2D eigenvalue weighted by molar-refractivity contribution is 6.01. The molecule has 3 aromatic carbocycles. The highest BCUT2D eigenvalue weighted by Crippen LogP contribution is 2.31. The fraction of sp³-hybridized carbons (Fsp3) is 0.343. The van der Waals surface area contributed by atoms with E-state index < -0.39 is 12.1 Å². The van der Waals surface area contributed by atoms with Crippen molar-refractivity contribution in [3.8, 4) is 11.5 Å². The SMILES string of the molecule is COc1ccc(NC(=O)N(C)C[C@@H]2Oc3ccc(NC(=O)Cc4cn(C)c5ccccc45)cc3C(=O)N([C@@H](C)CO)C[C@H]2C)cc1. The number of para-hydroxylation sites is 1. The number of benzene rings is 3. The van der Waals surface area contributed by atoms with Gasteiger partial charge < -0.3 is 39.6 Å². The molecule has 0 spiro atoms. The number of aromatic nitrogens is 1. The molecule has 2 heterocycles. The Kier molecular flexibility index (Phi) is 9.81. The number of nitrogens with one attached hydrogen (secondary N) is 2. The number of fused-ring (bicyclic) bond motifs is 2. The number of aliphatic hydroxyl groups is 1. The van der Waals surface area contributed by atoms with Crippen LogP contribution < -0.4 is 20.1 Å². The minimum absolute atomic E-state index is 0.168. The molecule has 5 rings (SSSR count). The third-order valence-corrected chi connectivity index (χ3v) is 8.42. The number of urea groups is 1. The molecule has 0 unspecified atom stereocenters. The number of carbonyl (C=O) groups excluding carboxylic acids is 3. The molecule has 4 amide bonds. The lowest BCUT2D eigenvalue weighted by molar-refractivity contribution is -0.115. The predicted molar refractivity (Wildman–Crippen MR) is 178 cm³/mol. The van der Waals surface area contributed by atoms with Crippen molar-refractivity contribution in [2.24, 2.45) is 13.0 Å². The summed E-state index contributed by atoms with van der Waals surface area (Å²) in [7, 11) is 5.21. The van der Waals surface area contributed by atoms with Crippen molar-refractivity contribution < 1.29 is 29.0 Å². The molecule has 1 aliphatic rings. The van der Waals surface area contributed by atoms with E-state index in [2.05, 4.69) is 10.6 Å². The third kappa shape index (κ3) is 7.10. The van der Waals surface area contributed by atoms with E-state index >= 15 is 0 Å². The van der Waals surface area contributed by atoms with Crippen molar-refractivity contribution in [3.63, 3.8) is 0 Å². The number of aliphatic hydroxyl groups excluding tert-OH is 1. The van der Waals surface area contributed by atoms with Crippen LogP contribution in [0.2, 0.25) is 0 Å². The van der Waals surface area contributed by atoms with Crippen LogP contribution >= 0.6 is 0 Å². The van der Waals surface area contributed by atoms with E-state index in [1.807, 2.05) is 49.0 Å². The number of anilines is 2. The molecule has 242 valence electrons. The number of ether oxygens (including phenoxy) is 2. The second-order valence-electron chi connectivity index (χ2n) is 11.9. The van der Waals surface area contributed by atoms with Gasteiger partial charge in [-0.3, -0.25) is 9.59 Å². The van der Waals surface area contributed by atoms with Gasteiger partial charge >= 0.3 is 6.03 Å². The quantitative estimate of drug-likeness (QED) is 0.246. The van der Waals surface area contributed by atoms with Gasteiger partial charge in [0.05, 0.1) is 38.3 Å². The molecule has 0 bridgehead atoms. The van der Waals surface area contributed by atoms with Crippen molar-refractivity contribution >= 4 is 40.1 Å². The number of hydrogen-bond donors (Lipinski definition) is 3. The van der Waals surface area contributed by atoms with Crippen molar-refractivity contribution in [3.05, 3.63) is 84.1 Å². The number of amides is 4. The summed E-state index contributed by atoms with van der Waals surface area (Å²) in [5, 5.41) is 16.8. The summed E-state index contributed by atoms with van der Waals surface area (Å²) in [6, 6.07) is 19.2. The fourth-order valence-electron chi connectivity index (χ4n) is 5.71. The van der Waals surface area contributed by atoms with Crippen molar-refractivity contribution in [2.75, 3.05) is 44.5 Å². The van der Waals surface area contributed by atoms with Crippen LogP contribution in [-0.4, -0.2) is 83.3 Å². The second-order valence-corrected chi connectivity index (χ2v) is 11.9. The molecule has 11 heteroatoms. The number of hydrogen-bond acceptors (Lipinski definition) is 6. The Hall–Kier alpha value is -5.03. The summed E-state index contributed by atoms with van der Waals surface area (Å²) in [6.07, 6.45) is 1.64. The Morgan fingerprint density at radius 1 is 1.09 bits per heavy atom. The molecule has 0 aliphatic carbocycles. The van der Waals surface area contributed by atoms with E-state index in [0.29, 0.717) is 29.4 Å². The molecule has 11 nitrogen and oxygen atoms in total. The lowest BCUT2D eigenvalue weighted by atomic mass is 9.99. The van der Waals surface area contributed by atoms with Gasteiger partial charge in [-0.15, -0.1) is 0 Å². The standard InChI is InChI=1S/C35H41N5O6/c1-22-18-40(23(2)21-41)34(43)29-17-26(36-33(42)16-24-19-38(3)30-9-7-6-8-28(24)30)12-15-31(29)46-32(22)20-39(4)35(44)37-25-10-13-27(45-5)14-11-25/h6-15,17,19,22-23,32,41H,16,18,20-21H2,1-5H3,(H,36,42)(H,37,44)/t22-,23+,32+/m1/s1. The molecule has 3 N–H and O–H groups in total. The van der Waals surface area contributed by atoms with Crippen LogP contribution in [0.25, 0.3) is 10.9 Å². The topological polar surface area (TPSA) is 125 Å². The first-order chi connectivity index (χ1) is 22.1. The third-order valence-electron chi connectivity index (χ3n) is 8.42. The molecule has 46 heavy (non-hydrogen) atoms. The summed E-state index contributed by atoms with van der Waals surface area (Å²) in [5.74, 6) is 0.324. The van der Waals surface area contributed by atoms with E-state index in [1.54, 1.807) is 68.4 Å². The highest BCUT2D eigenvalue weighted by atomic mass is 16.5. The van der Waals surface area contributed by atoms with Gasteiger partial charge in [-0.05, 0) is 61.0 Å². The average molecular weight is 628 g/mol. The van der Waals surface area contributed by atoms with Gasteiger partial charge in [0.2, 0.25) is 5.91 Å². The summed E-state index contributed by atoms with van der Waals surface area (Å²) in [6.45, 7) is 4.06. The van der Waals surface area contributed by atoms with Crippen LogP contribution in [0.15, 0.2) is 72.9 Å². The first-order valence-electron chi connectivity index (χ1n) is 15.3. The van der Waals surface area contributed by atoms with E-state index in [1.165, 1.54) is 4.90 Å². The normalized spacial score (nSPS) is 16.9. The average Bonchev–Trinajstić information content (AvgIpc) is 3.37. The zero-order valence-electron chi connectivity index (χ0n) is 26.8. The van der Waals surface area contributed by atoms with Gasteiger partial charge in [0.15, 0.2) is 0 Å². The van der Waals surface area contributed by atoms with Gasteiger partial charge in [-0.1, -0.05) is 25.1 Å². The van der Waals surface area contributed by atoms with Crippen LogP contribution in [0.5, 0.6) is 11.5 Å². The summed E-state index contributed by atoms with van der Waals surface area (Å²) in [5.41, 5.74) is 3.29. The first kappa shape index (κ1) is 32.4. The first-order valence-corrected chi connectivity index (χ1v) is 15.3. The number of aryl methyl sites for hydroxylation is 1. The molecule has 1 aromatic heterocycles. The summed E-state index contributed by atoms with van der Waals surface area (Å²) in [4.78, 5) is 43.2. The molecule has 3 atom stereocenters. The van der Waals surface area contributed by atoms with Crippen LogP contribution in [0, 0.1) is 5.92 Å². The molecule has 0 saturated heterocycles. The maximum absolute atomic E-state index is 13.8. The van der Waals surface area contributed by atoms with Gasteiger partial charge in [0.25, 0.3) is 5.91 Å². The number of methoxy groups -OCH3 is 1. The predicted octanol–water partition coefficient (Wildman–Crippen LogP) is 4.75. The zero-order chi connectivity index (χ0) is 33.0.